The van der Waals surface area contributed by atoms with Crippen molar-refractivity contribution in [1.82, 2.24) is 0 Å². The molecule has 2 rings (SSSR count). The summed E-state index contributed by atoms with van der Waals surface area (Å²) in [6.07, 6.45) is 2.10. The lowest BCUT2D eigenvalue weighted by Crippen LogP contribution is -1.92. The Morgan fingerprint density at radius 3 is 1.38 bits per heavy atom. The molecule has 126 valence electrons. The van der Waals surface area contributed by atoms with E-state index in [1.807, 2.05) is 12.1 Å². The van der Waals surface area contributed by atoms with E-state index in [0.717, 1.165) is 31.4 Å². The van der Waals surface area contributed by atoms with Crippen LogP contribution in [0.15, 0.2) is 60.7 Å². The molecule has 0 fully saturated rings. The molecule has 0 aliphatic rings. The first-order valence-corrected chi connectivity index (χ1v) is 12.4. The topological polar surface area (TPSA) is 0 Å². The Morgan fingerprint density at radius 2 is 1.00 bits per heavy atom. The van der Waals surface area contributed by atoms with Crippen LogP contribution >= 0.6 is 69.5 Å². The Balaban J connectivity index is 1.53. The van der Waals surface area contributed by atoms with Crippen molar-refractivity contribution in [3.05, 3.63) is 71.8 Å². The number of benzene rings is 2. The molecule has 0 saturated heterocycles. The maximum absolute atomic E-state index is 5.41. The fraction of sp³-hybridized carbons (Fsp3) is 0.222. The quantitative estimate of drug-likeness (QED) is 0.362. The van der Waals surface area contributed by atoms with Crippen molar-refractivity contribution in [2.24, 2.45) is 0 Å². The van der Waals surface area contributed by atoms with E-state index in [1.165, 1.54) is 11.1 Å². The molecule has 0 aliphatic carbocycles. The Hall–Kier alpha value is 0.0200. The number of thiocarbonyl (C=S) groups is 2. The summed E-state index contributed by atoms with van der Waals surface area (Å²) in [5.41, 5.74) is 2.72. The molecule has 0 unspecified atom stereocenters. The third-order valence-electron chi connectivity index (χ3n) is 3.08. The Labute approximate surface area is 171 Å². The molecule has 2 aromatic rings. The van der Waals surface area contributed by atoms with Crippen LogP contribution in [0.1, 0.15) is 11.1 Å². The summed E-state index contributed by atoms with van der Waals surface area (Å²) in [7, 11) is 3.23. The summed E-state index contributed by atoms with van der Waals surface area (Å²) in [4.78, 5) is 0. The van der Waals surface area contributed by atoms with Gasteiger partial charge in [0.25, 0.3) is 0 Å². The lowest BCUT2D eigenvalue weighted by atomic mass is 10.2. The van der Waals surface area contributed by atoms with Gasteiger partial charge in [0, 0.05) is 11.5 Å². The first kappa shape index (κ1) is 20.3. The number of hydrogen-bond acceptors (Lipinski definition) is 6. The van der Waals surface area contributed by atoms with E-state index in [-0.39, 0.29) is 0 Å². The molecule has 0 heterocycles. The fourth-order valence-electron chi connectivity index (χ4n) is 1.91. The van der Waals surface area contributed by atoms with Gasteiger partial charge in [-0.15, -0.1) is 23.5 Å². The van der Waals surface area contributed by atoms with Gasteiger partial charge in [-0.25, -0.2) is 0 Å². The van der Waals surface area contributed by atoms with Gasteiger partial charge in [-0.1, -0.05) is 85.1 Å². The molecular weight excluding hydrogens is 409 g/mol. The van der Waals surface area contributed by atoms with Crippen LogP contribution in [0.5, 0.6) is 0 Å². The Kier molecular flexibility index (Phi) is 10.5. The highest BCUT2D eigenvalue weighted by Gasteiger charge is 2.05. The lowest BCUT2D eigenvalue weighted by Gasteiger charge is -2.05. The standard InChI is InChI=1S/C18H18S6/c19-17(21-13-11-15-7-3-1-4-8-15)23-24-18(20)22-14-12-16-9-5-2-6-10-16/h1-10H,11-14H2. The van der Waals surface area contributed by atoms with Crippen LogP contribution < -0.4 is 0 Å². The average Bonchev–Trinajstić information content (AvgIpc) is 2.62. The zero-order valence-corrected chi connectivity index (χ0v) is 18.0. The number of aryl methyl sites for hydroxylation is 2. The Morgan fingerprint density at radius 1 is 0.625 bits per heavy atom. The molecule has 0 aromatic heterocycles. The van der Waals surface area contributed by atoms with Crippen molar-refractivity contribution in [1.29, 1.82) is 0 Å². The van der Waals surface area contributed by atoms with Crippen molar-refractivity contribution >= 4 is 76.6 Å². The SMILES string of the molecule is S=C(SCCc1ccccc1)SSC(=S)SCCc1ccccc1. The maximum atomic E-state index is 5.41. The third kappa shape index (κ3) is 8.92. The van der Waals surface area contributed by atoms with Crippen LogP contribution in [0.2, 0.25) is 0 Å². The molecule has 0 N–H and O–H groups in total. The molecule has 0 spiro atoms. The van der Waals surface area contributed by atoms with Gasteiger partial charge < -0.3 is 0 Å². The van der Waals surface area contributed by atoms with Crippen LogP contribution in [-0.2, 0) is 12.8 Å². The van der Waals surface area contributed by atoms with Crippen LogP contribution in [0.3, 0.4) is 0 Å². The van der Waals surface area contributed by atoms with Gasteiger partial charge in [0.15, 0.2) is 0 Å². The predicted octanol–water partition coefficient (Wildman–Crippen LogP) is 6.89. The smallest absolute Gasteiger partial charge is 0.107 e. The van der Waals surface area contributed by atoms with E-state index < -0.39 is 0 Å². The molecular formula is C18H18S6. The van der Waals surface area contributed by atoms with Gasteiger partial charge in [-0.2, -0.15) is 0 Å². The largest absolute Gasteiger partial charge is 0.115 e. The first-order valence-electron chi connectivity index (χ1n) is 7.50. The van der Waals surface area contributed by atoms with Gasteiger partial charge >= 0.3 is 0 Å². The van der Waals surface area contributed by atoms with Crippen LogP contribution in [0, 0.1) is 0 Å². The first-order chi connectivity index (χ1) is 11.7. The average molecular weight is 427 g/mol. The van der Waals surface area contributed by atoms with Crippen molar-refractivity contribution in [3.8, 4) is 0 Å². The van der Waals surface area contributed by atoms with Crippen molar-refractivity contribution in [2.75, 3.05) is 11.5 Å². The zero-order valence-electron chi connectivity index (χ0n) is 13.1. The van der Waals surface area contributed by atoms with Crippen LogP contribution in [0.25, 0.3) is 0 Å². The Bertz CT molecular complexity index is 569. The summed E-state index contributed by atoms with van der Waals surface area (Å²) in [5.74, 6) is 2.04. The third-order valence-corrected chi connectivity index (χ3v) is 9.66. The van der Waals surface area contributed by atoms with Gasteiger partial charge in [-0.05, 0) is 45.6 Å². The molecule has 0 saturated carbocycles. The van der Waals surface area contributed by atoms with Crippen molar-refractivity contribution < 1.29 is 0 Å². The van der Waals surface area contributed by atoms with Crippen molar-refractivity contribution in [2.45, 2.75) is 12.8 Å². The van der Waals surface area contributed by atoms with Gasteiger partial charge in [0.1, 0.15) is 7.06 Å². The lowest BCUT2D eigenvalue weighted by molar-refractivity contribution is 1.16. The predicted molar refractivity (Wildman–Crippen MR) is 126 cm³/mol. The summed E-state index contributed by atoms with van der Waals surface area (Å²) in [5, 5.41) is 0. The van der Waals surface area contributed by atoms with E-state index in [0.29, 0.717) is 0 Å². The summed E-state index contributed by atoms with van der Waals surface area (Å²) < 4.78 is 1.92. The fourth-order valence-corrected chi connectivity index (χ4v) is 6.94. The molecule has 0 radical (unpaired) electrons. The highest BCUT2D eigenvalue weighted by molar-refractivity contribution is 8.96. The number of rotatable bonds is 6. The molecule has 0 amide bonds. The molecule has 0 bridgehead atoms. The van der Waals surface area contributed by atoms with E-state index in [2.05, 4.69) is 48.5 Å². The monoisotopic (exact) mass is 426 g/mol. The molecule has 2 aromatic carbocycles. The van der Waals surface area contributed by atoms with E-state index in [4.69, 9.17) is 24.4 Å². The van der Waals surface area contributed by atoms with Gasteiger partial charge in [0.2, 0.25) is 0 Å². The number of thioether (sulfide) groups is 2. The minimum Gasteiger partial charge on any atom is -0.107 e. The molecule has 0 atom stereocenters. The summed E-state index contributed by atoms with van der Waals surface area (Å²) in [6, 6.07) is 21.0. The van der Waals surface area contributed by atoms with Gasteiger partial charge in [-0.3, -0.25) is 0 Å². The molecule has 6 heteroatoms. The summed E-state index contributed by atoms with van der Waals surface area (Å²) in [6.45, 7) is 0. The molecule has 24 heavy (non-hydrogen) atoms. The molecule has 0 nitrogen and oxygen atoms in total. The van der Waals surface area contributed by atoms with E-state index in [9.17, 15) is 0 Å². The van der Waals surface area contributed by atoms with Gasteiger partial charge in [0.05, 0.1) is 0 Å². The van der Waals surface area contributed by atoms with E-state index in [1.54, 1.807) is 45.1 Å². The highest BCUT2D eigenvalue weighted by Crippen LogP contribution is 2.34. The molecule has 0 aliphatic heterocycles. The second-order valence-electron chi connectivity index (χ2n) is 4.83. The second kappa shape index (κ2) is 12.4. The normalized spacial score (nSPS) is 10.5. The van der Waals surface area contributed by atoms with Crippen LogP contribution in [-0.4, -0.2) is 18.6 Å². The minimum atomic E-state index is 0.960. The summed E-state index contributed by atoms with van der Waals surface area (Å²) >= 11 is 14.3. The second-order valence-corrected chi connectivity index (χ2v) is 11.6. The maximum Gasteiger partial charge on any atom is 0.115 e. The van der Waals surface area contributed by atoms with Crippen LogP contribution in [0.4, 0.5) is 0 Å². The van der Waals surface area contributed by atoms with E-state index >= 15 is 0 Å². The highest BCUT2D eigenvalue weighted by atomic mass is 33.1. The zero-order chi connectivity index (χ0) is 17.0. The number of hydrogen-bond donors (Lipinski definition) is 0. The van der Waals surface area contributed by atoms with Crippen molar-refractivity contribution in [3.63, 3.8) is 0 Å². The minimum absolute atomic E-state index is 0.960.